The minimum Gasteiger partial charge on any atom is -0.507 e. The predicted molar refractivity (Wildman–Crippen MR) is 188 cm³/mol. The number of anilines is 2. The largest absolute Gasteiger partial charge is 0.507 e. The molecule has 0 aliphatic carbocycles. The zero-order valence-corrected chi connectivity index (χ0v) is 30.1. The fraction of sp³-hybridized carbons (Fsp3) is 0.250. The van der Waals surface area contributed by atoms with Gasteiger partial charge < -0.3 is 20.8 Å². The number of ketones is 1. The monoisotopic (exact) mass is 844 g/mol. The number of hydrogen-bond acceptors (Lipinski definition) is 5. The molecule has 0 aliphatic heterocycles. The summed E-state index contributed by atoms with van der Waals surface area (Å²) in [5.74, 6) is -2.19. The maximum Gasteiger partial charge on any atom is 0.416 e. The number of carbonyl (C=O) groups is 3. The van der Waals surface area contributed by atoms with Crippen LogP contribution in [0.4, 0.5) is 37.7 Å². The molecule has 4 N–H and O–H groups in total. The van der Waals surface area contributed by atoms with Crippen molar-refractivity contribution in [3.63, 3.8) is 0 Å². The number of nitrogens with one attached hydrogen (secondary N) is 2. The van der Waals surface area contributed by atoms with Gasteiger partial charge in [-0.15, -0.1) is 0 Å². The van der Waals surface area contributed by atoms with Crippen LogP contribution in [0.25, 0.3) is 0 Å². The van der Waals surface area contributed by atoms with E-state index in [-0.39, 0.29) is 45.3 Å². The van der Waals surface area contributed by atoms with Crippen molar-refractivity contribution in [1.82, 2.24) is 0 Å². The van der Waals surface area contributed by atoms with Crippen molar-refractivity contribution in [2.24, 2.45) is 0 Å². The minimum absolute atomic E-state index is 0.0128. The number of alkyl halides is 6. The number of aromatic hydroxyl groups is 2. The molecule has 0 aliphatic rings. The van der Waals surface area contributed by atoms with E-state index in [1.54, 1.807) is 6.07 Å². The second-order valence-corrected chi connectivity index (χ2v) is 12.9. The highest BCUT2D eigenvalue weighted by molar-refractivity contribution is 9.11. The summed E-state index contributed by atoms with van der Waals surface area (Å²) in [6.07, 6.45) is -3.66. The van der Waals surface area contributed by atoms with Crippen molar-refractivity contribution < 1.29 is 50.9 Å². The van der Waals surface area contributed by atoms with Crippen LogP contribution in [0, 0.1) is 0 Å². The number of unbranched alkanes of at least 4 members (excludes halogenated alkanes) is 4. The van der Waals surface area contributed by atoms with Crippen LogP contribution in [-0.4, -0.2) is 27.8 Å². The van der Waals surface area contributed by atoms with Gasteiger partial charge in [0.05, 0.1) is 26.7 Å². The first-order valence-corrected chi connectivity index (χ1v) is 17.0. The summed E-state index contributed by atoms with van der Waals surface area (Å²) in [6.45, 7) is 2.10. The molecule has 0 unspecified atom stereocenters. The number of carbonyl (C=O) groups excluding carboxylic acids is 3. The fourth-order valence-corrected chi connectivity index (χ4v) is 5.80. The summed E-state index contributed by atoms with van der Waals surface area (Å²) in [5, 5.41) is 24.6. The highest BCUT2D eigenvalue weighted by Crippen LogP contribution is 2.34. The molecule has 7 nitrogen and oxygen atoms in total. The summed E-state index contributed by atoms with van der Waals surface area (Å²) < 4.78 is 76.7. The Morgan fingerprint density at radius 2 is 1.27 bits per heavy atom. The van der Waals surface area contributed by atoms with Crippen molar-refractivity contribution in [2.45, 2.75) is 57.8 Å². The summed E-state index contributed by atoms with van der Waals surface area (Å²) in [7, 11) is 0. The molecule has 0 bridgehead atoms. The maximum absolute atomic E-state index is 12.8. The summed E-state index contributed by atoms with van der Waals surface area (Å²) >= 11 is 6.28. The summed E-state index contributed by atoms with van der Waals surface area (Å²) in [5.41, 5.74) is -1.47. The third-order valence-electron chi connectivity index (χ3n) is 7.26. The van der Waals surface area contributed by atoms with Gasteiger partial charge in [0.1, 0.15) is 11.5 Å². The van der Waals surface area contributed by atoms with Gasteiger partial charge in [-0.1, -0.05) is 54.6 Å². The molecule has 0 radical (unpaired) electrons. The maximum atomic E-state index is 12.8. The van der Waals surface area contributed by atoms with E-state index in [9.17, 15) is 50.9 Å². The van der Waals surface area contributed by atoms with Crippen molar-refractivity contribution >= 4 is 60.8 Å². The molecule has 0 aromatic heterocycles. The van der Waals surface area contributed by atoms with E-state index in [0.717, 1.165) is 68.5 Å². The lowest BCUT2D eigenvalue weighted by Gasteiger charge is -2.11. The van der Waals surface area contributed by atoms with E-state index >= 15 is 0 Å². The van der Waals surface area contributed by atoms with Crippen molar-refractivity contribution in [3.8, 4) is 11.5 Å². The molecule has 4 aromatic carbocycles. The van der Waals surface area contributed by atoms with Crippen LogP contribution in [0.5, 0.6) is 11.5 Å². The Morgan fingerprint density at radius 3 is 1.90 bits per heavy atom. The summed E-state index contributed by atoms with van der Waals surface area (Å²) in [6, 6.07) is 15.1. The number of Topliss-reactive ketones (excluding diaryl/α,β-unsaturated/α-hetero) is 1. The van der Waals surface area contributed by atoms with Gasteiger partial charge in [0.25, 0.3) is 11.8 Å². The Bertz CT molecular complexity index is 1850. The highest BCUT2D eigenvalue weighted by Gasteiger charge is 2.31. The minimum atomic E-state index is -4.54. The number of phenols is 2. The second-order valence-electron chi connectivity index (χ2n) is 11.2. The Hall–Kier alpha value is -4.37. The van der Waals surface area contributed by atoms with Crippen LogP contribution in [0.1, 0.15) is 87.6 Å². The number of benzene rings is 4. The molecule has 0 fully saturated rings. The van der Waals surface area contributed by atoms with Crippen LogP contribution in [0.2, 0.25) is 0 Å². The third-order valence-corrected chi connectivity index (χ3v) is 8.32. The van der Waals surface area contributed by atoms with Crippen LogP contribution in [0.3, 0.4) is 0 Å². The van der Waals surface area contributed by atoms with Crippen LogP contribution >= 0.6 is 31.9 Å². The van der Waals surface area contributed by atoms with E-state index in [2.05, 4.69) is 49.4 Å². The molecule has 0 saturated carbocycles. The van der Waals surface area contributed by atoms with Crippen molar-refractivity contribution in [3.05, 3.63) is 116 Å². The van der Waals surface area contributed by atoms with Gasteiger partial charge in [0, 0.05) is 27.8 Å². The molecule has 0 saturated heterocycles. The predicted octanol–water partition coefficient (Wildman–Crippen LogP) is 11.4. The Morgan fingerprint density at radius 1 is 0.667 bits per heavy atom. The average Bonchev–Trinajstić information content (AvgIpc) is 3.06. The quantitative estimate of drug-likeness (QED) is 0.0682. The lowest BCUT2D eigenvalue weighted by molar-refractivity contribution is -0.138. The smallest absolute Gasteiger partial charge is 0.416 e. The van der Waals surface area contributed by atoms with E-state index in [0.29, 0.717) is 15.4 Å². The van der Waals surface area contributed by atoms with Gasteiger partial charge in [-0.25, -0.2) is 0 Å². The SMILES string of the molecule is CCCCCCCC(=O)c1ccc(O)c(C(=O)Nc2cccc(C(F)(F)F)c2)c1.O=C(Nc1ccc(C(F)(F)F)cc1)c1cc(Br)cc(Br)c1O. The van der Waals surface area contributed by atoms with Gasteiger partial charge in [-0.05, 0) is 95.1 Å². The van der Waals surface area contributed by atoms with Gasteiger partial charge in [0.2, 0.25) is 0 Å². The molecular formula is C36H32Br2F6N2O5. The summed E-state index contributed by atoms with van der Waals surface area (Å²) in [4.78, 5) is 36.9. The van der Waals surface area contributed by atoms with Gasteiger partial charge >= 0.3 is 12.4 Å². The zero-order valence-electron chi connectivity index (χ0n) is 26.9. The normalized spacial score (nSPS) is 11.3. The molecule has 0 heterocycles. The molecule has 51 heavy (non-hydrogen) atoms. The highest BCUT2D eigenvalue weighted by atomic mass is 79.9. The molecule has 4 aromatic rings. The molecule has 4 rings (SSSR count). The van der Waals surface area contributed by atoms with Crippen molar-refractivity contribution in [2.75, 3.05) is 10.6 Å². The van der Waals surface area contributed by atoms with Gasteiger partial charge in [0.15, 0.2) is 5.78 Å². The van der Waals surface area contributed by atoms with E-state index < -0.39 is 35.3 Å². The number of halogens is 8. The second kappa shape index (κ2) is 18.2. The topological polar surface area (TPSA) is 116 Å². The first-order chi connectivity index (χ1) is 23.9. The van der Waals surface area contributed by atoms with Gasteiger partial charge in [-0.2, -0.15) is 26.3 Å². The van der Waals surface area contributed by atoms with Crippen LogP contribution < -0.4 is 10.6 Å². The number of hydrogen-bond donors (Lipinski definition) is 4. The average molecular weight is 846 g/mol. The first kappa shape index (κ1) is 41.1. The molecule has 0 spiro atoms. The van der Waals surface area contributed by atoms with Crippen molar-refractivity contribution in [1.29, 1.82) is 0 Å². The Kier molecular flexibility index (Phi) is 14.7. The number of phenolic OH excluding ortho intramolecular Hbond substituents is 2. The third kappa shape index (κ3) is 12.4. The standard InChI is InChI=1S/C22H24F3NO3.C14H8Br2F3NO2/c1-2-3-4-5-6-10-19(27)15-11-12-20(28)18(13-15)21(29)26-17-9-7-8-16(14-17)22(23,24)25;15-8-5-10(12(21)11(16)6-8)13(22)20-9-3-1-7(2-4-9)14(17,18)19/h7-9,11-14,28H,2-6,10H2,1H3,(H,26,29);1-6,21H,(H,20,22). The van der Waals surface area contributed by atoms with Crippen LogP contribution in [0.15, 0.2) is 87.8 Å². The van der Waals surface area contributed by atoms with Crippen LogP contribution in [-0.2, 0) is 12.4 Å². The molecule has 0 atom stereocenters. The molecular weight excluding hydrogens is 814 g/mol. The number of amides is 2. The Balaban J connectivity index is 0.000000286. The lowest BCUT2D eigenvalue weighted by Crippen LogP contribution is -2.14. The lowest BCUT2D eigenvalue weighted by atomic mass is 10.0. The zero-order chi connectivity index (χ0) is 37.9. The van der Waals surface area contributed by atoms with E-state index in [4.69, 9.17) is 0 Å². The van der Waals surface area contributed by atoms with E-state index in [1.807, 2.05) is 0 Å². The Labute approximate surface area is 306 Å². The first-order valence-electron chi connectivity index (χ1n) is 15.4. The van der Waals surface area contributed by atoms with Gasteiger partial charge in [-0.3, -0.25) is 14.4 Å². The molecule has 15 heteroatoms. The fourth-order valence-electron chi connectivity index (χ4n) is 4.58. The molecule has 2 amide bonds. The van der Waals surface area contributed by atoms with E-state index in [1.165, 1.54) is 36.4 Å². The molecule has 272 valence electrons. The number of rotatable bonds is 11.